The molecule has 1 aliphatic heterocycles. The van der Waals surface area contributed by atoms with Crippen LogP contribution in [0.3, 0.4) is 0 Å². The summed E-state index contributed by atoms with van der Waals surface area (Å²) in [6, 6.07) is 10.3. The van der Waals surface area contributed by atoms with Crippen LogP contribution in [0.2, 0.25) is 0 Å². The zero-order valence-corrected chi connectivity index (χ0v) is 9.53. The SMILES string of the molecule is COCC1(c2ccccc2)CCC(=O)NC1. The van der Waals surface area contributed by atoms with Crippen molar-refractivity contribution in [2.45, 2.75) is 18.3 Å². The van der Waals surface area contributed by atoms with Crippen molar-refractivity contribution >= 4 is 5.91 Å². The molecule has 1 saturated heterocycles. The van der Waals surface area contributed by atoms with Gasteiger partial charge >= 0.3 is 0 Å². The van der Waals surface area contributed by atoms with Crippen molar-refractivity contribution in [2.75, 3.05) is 20.3 Å². The van der Waals surface area contributed by atoms with Gasteiger partial charge in [-0.2, -0.15) is 0 Å². The maximum Gasteiger partial charge on any atom is 0.220 e. The molecular formula is C13H17NO2. The first-order valence-electron chi connectivity index (χ1n) is 5.58. The highest BCUT2D eigenvalue weighted by Gasteiger charge is 2.36. The van der Waals surface area contributed by atoms with Gasteiger partial charge in [0.25, 0.3) is 0 Å². The fraction of sp³-hybridized carbons (Fsp3) is 0.462. The minimum absolute atomic E-state index is 0.0517. The van der Waals surface area contributed by atoms with E-state index < -0.39 is 0 Å². The summed E-state index contributed by atoms with van der Waals surface area (Å²) in [4.78, 5) is 11.2. The van der Waals surface area contributed by atoms with Crippen LogP contribution < -0.4 is 5.32 Å². The fourth-order valence-electron chi connectivity index (χ4n) is 2.32. The van der Waals surface area contributed by atoms with Crippen molar-refractivity contribution in [3.63, 3.8) is 0 Å². The minimum Gasteiger partial charge on any atom is -0.384 e. The van der Waals surface area contributed by atoms with Crippen LogP contribution in [-0.4, -0.2) is 26.2 Å². The Morgan fingerprint density at radius 3 is 2.69 bits per heavy atom. The van der Waals surface area contributed by atoms with E-state index in [9.17, 15) is 4.79 Å². The van der Waals surface area contributed by atoms with E-state index in [1.165, 1.54) is 5.56 Å². The largest absolute Gasteiger partial charge is 0.384 e. The topological polar surface area (TPSA) is 38.3 Å². The van der Waals surface area contributed by atoms with Crippen LogP contribution in [0.1, 0.15) is 18.4 Å². The first kappa shape index (κ1) is 11.1. The van der Waals surface area contributed by atoms with Crippen molar-refractivity contribution in [3.05, 3.63) is 35.9 Å². The van der Waals surface area contributed by atoms with Gasteiger partial charge in [0.15, 0.2) is 0 Å². The Morgan fingerprint density at radius 2 is 2.12 bits per heavy atom. The van der Waals surface area contributed by atoms with E-state index in [1.807, 2.05) is 18.2 Å². The van der Waals surface area contributed by atoms with Gasteiger partial charge in [0, 0.05) is 25.5 Å². The lowest BCUT2D eigenvalue weighted by atomic mass is 9.75. The van der Waals surface area contributed by atoms with Gasteiger partial charge in [-0.3, -0.25) is 4.79 Å². The number of piperidine rings is 1. The average molecular weight is 219 g/mol. The molecule has 1 atom stereocenters. The second-order valence-corrected chi connectivity index (χ2v) is 4.36. The summed E-state index contributed by atoms with van der Waals surface area (Å²) >= 11 is 0. The maximum atomic E-state index is 11.2. The Kier molecular flexibility index (Phi) is 3.25. The molecule has 0 bridgehead atoms. The molecule has 0 saturated carbocycles. The number of hydrogen-bond donors (Lipinski definition) is 1. The number of nitrogens with one attached hydrogen (secondary N) is 1. The van der Waals surface area contributed by atoms with Crippen molar-refractivity contribution in [1.29, 1.82) is 0 Å². The van der Waals surface area contributed by atoms with Gasteiger partial charge in [-0.25, -0.2) is 0 Å². The molecule has 1 N–H and O–H groups in total. The highest BCUT2D eigenvalue weighted by molar-refractivity contribution is 5.77. The summed E-state index contributed by atoms with van der Waals surface area (Å²) in [6.45, 7) is 1.32. The second kappa shape index (κ2) is 4.66. The summed E-state index contributed by atoms with van der Waals surface area (Å²) in [7, 11) is 1.71. The lowest BCUT2D eigenvalue weighted by Crippen LogP contribution is -2.48. The summed E-state index contributed by atoms with van der Waals surface area (Å²) < 4.78 is 5.32. The molecular weight excluding hydrogens is 202 g/mol. The van der Waals surface area contributed by atoms with Crippen LogP contribution in [-0.2, 0) is 14.9 Å². The molecule has 1 unspecified atom stereocenters. The summed E-state index contributed by atoms with van der Waals surface area (Å²) in [6.07, 6.45) is 1.44. The number of carbonyl (C=O) groups is 1. The van der Waals surface area contributed by atoms with Gasteiger partial charge in [-0.1, -0.05) is 30.3 Å². The third-order valence-electron chi connectivity index (χ3n) is 3.26. The normalized spacial score (nSPS) is 25.2. The summed E-state index contributed by atoms with van der Waals surface area (Å²) in [5.74, 6) is 0.141. The molecule has 16 heavy (non-hydrogen) atoms. The Hall–Kier alpha value is -1.35. The number of carbonyl (C=O) groups excluding carboxylic acids is 1. The Bertz CT molecular complexity index is 351. The van der Waals surface area contributed by atoms with E-state index in [1.54, 1.807) is 7.11 Å². The molecule has 1 fully saturated rings. The molecule has 0 aliphatic carbocycles. The van der Waals surface area contributed by atoms with E-state index in [2.05, 4.69) is 17.4 Å². The smallest absolute Gasteiger partial charge is 0.220 e. The van der Waals surface area contributed by atoms with Gasteiger partial charge in [0.1, 0.15) is 0 Å². The van der Waals surface area contributed by atoms with E-state index >= 15 is 0 Å². The maximum absolute atomic E-state index is 11.2. The van der Waals surface area contributed by atoms with Crippen LogP contribution in [0, 0.1) is 0 Å². The Labute approximate surface area is 95.8 Å². The van der Waals surface area contributed by atoms with E-state index in [4.69, 9.17) is 4.74 Å². The molecule has 2 rings (SSSR count). The first-order chi connectivity index (χ1) is 7.77. The van der Waals surface area contributed by atoms with Crippen molar-refractivity contribution in [2.24, 2.45) is 0 Å². The highest BCUT2D eigenvalue weighted by Crippen LogP contribution is 2.31. The lowest BCUT2D eigenvalue weighted by molar-refractivity contribution is -0.123. The number of hydrogen-bond acceptors (Lipinski definition) is 2. The zero-order chi connectivity index (χ0) is 11.4. The van der Waals surface area contributed by atoms with Crippen LogP contribution >= 0.6 is 0 Å². The van der Waals surface area contributed by atoms with Crippen LogP contribution in [0.4, 0.5) is 0 Å². The number of benzene rings is 1. The summed E-state index contributed by atoms with van der Waals surface area (Å²) in [5.41, 5.74) is 1.20. The van der Waals surface area contributed by atoms with Crippen LogP contribution in [0.25, 0.3) is 0 Å². The summed E-state index contributed by atoms with van der Waals surface area (Å²) in [5, 5.41) is 2.94. The molecule has 0 spiro atoms. The van der Waals surface area contributed by atoms with Crippen LogP contribution in [0.5, 0.6) is 0 Å². The van der Waals surface area contributed by atoms with Crippen molar-refractivity contribution < 1.29 is 9.53 Å². The molecule has 1 aliphatic rings. The quantitative estimate of drug-likeness (QED) is 0.836. The second-order valence-electron chi connectivity index (χ2n) is 4.36. The van der Waals surface area contributed by atoms with Crippen molar-refractivity contribution in [1.82, 2.24) is 5.32 Å². The molecule has 0 radical (unpaired) electrons. The van der Waals surface area contributed by atoms with Crippen molar-refractivity contribution in [3.8, 4) is 0 Å². The first-order valence-corrected chi connectivity index (χ1v) is 5.58. The third-order valence-corrected chi connectivity index (χ3v) is 3.26. The lowest BCUT2D eigenvalue weighted by Gasteiger charge is -2.37. The zero-order valence-electron chi connectivity index (χ0n) is 9.53. The molecule has 3 nitrogen and oxygen atoms in total. The van der Waals surface area contributed by atoms with Gasteiger partial charge in [-0.15, -0.1) is 0 Å². The number of rotatable bonds is 3. The number of ether oxygens (including phenoxy) is 1. The van der Waals surface area contributed by atoms with E-state index in [-0.39, 0.29) is 11.3 Å². The fourth-order valence-corrected chi connectivity index (χ4v) is 2.32. The highest BCUT2D eigenvalue weighted by atomic mass is 16.5. The standard InChI is InChI=1S/C13H17NO2/c1-16-10-13(8-7-12(15)14-9-13)11-5-3-2-4-6-11/h2-6H,7-10H2,1H3,(H,14,15). The van der Waals surface area contributed by atoms with Gasteiger partial charge in [0.05, 0.1) is 6.61 Å². The Morgan fingerprint density at radius 1 is 1.38 bits per heavy atom. The van der Waals surface area contributed by atoms with Crippen LogP contribution in [0.15, 0.2) is 30.3 Å². The molecule has 1 amide bonds. The number of amides is 1. The van der Waals surface area contributed by atoms with E-state index in [0.29, 0.717) is 19.6 Å². The van der Waals surface area contributed by atoms with E-state index in [0.717, 1.165) is 6.42 Å². The predicted octanol–water partition coefficient (Wildman–Crippen LogP) is 1.48. The third kappa shape index (κ3) is 2.09. The average Bonchev–Trinajstić information content (AvgIpc) is 2.34. The molecule has 0 aromatic heterocycles. The monoisotopic (exact) mass is 219 g/mol. The molecule has 1 aromatic carbocycles. The Balaban J connectivity index is 2.25. The molecule has 1 aromatic rings. The number of methoxy groups -OCH3 is 1. The minimum atomic E-state index is -0.0517. The van der Waals surface area contributed by atoms with Gasteiger partial charge < -0.3 is 10.1 Å². The van der Waals surface area contributed by atoms with Gasteiger partial charge in [-0.05, 0) is 12.0 Å². The predicted molar refractivity (Wildman–Crippen MR) is 62.2 cm³/mol. The molecule has 3 heteroatoms. The van der Waals surface area contributed by atoms with Gasteiger partial charge in [0.2, 0.25) is 5.91 Å². The molecule has 86 valence electrons. The molecule has 1 heterocycles.